The highest BCUT2D eigenvalue weighted by Crippen LogP contribution is 2.30. The molecular weight excluding hydrogens is 289 g/mol. The van der Waals surface area contributed by atoms with Gasteiger partial charge in [0, 0.05) is 22.7 Å². The molecule has 0 aromatic heterocycles. The van der Waals surface area contributed by atoms with Crippen molar-refractivity contribution in [2.75, 3.05) is 11.1 Å². The molecule has 0 amide bonds. The molecule has 2 atom stereocenters. The normalized spacial score (nSPS) is 24.8. The lowest BCUT2D eigenvalue weighted by molar-refractivity contribution is 0.620. The number of hydrogen-bond donors (Lipinski definition) is 1. The molecule has 1 N–H and O–H groups in total. The Labute approximate surface area is 108 Å². The van der Waals surface area contributed by atoms with Crippen LogP contribution in [0, 0.1) is 12.7 Å². The minimum absolute atomic E-state index is 0.197. The molecule has 0 aliphatic carbocycles. The summed E-state index contributed by atoms with van der Waals surface area (Å²) in [5.41, 5.74) is 2.00. The summed E-state index contributed by atoms with van der Waals surface area (Å²) in [5.74, 6) is 0.938. The quantitative estimate of drug-likeness (QED) is 0.878. The van der Waals surface area contributed by atoms with Crippen LogP contribution in [0.15, 0.2) is 16.6 Å². The Bertz CT molecular complexity index is 397. The van der Waals surface area contributed by atoms with Crippen molar-refractivity contribution in [2.24, 2.45) is 0 Å². The van der Waals surface area contributed by atoms with Gasteiger partial charge in [0.25, 0.3) is 0 Å². The largest absolute Gasteiger partial charge is 0.381 e. The van der Waals surface area contributed by atoms with Gasteiger partial charge in [0.15, 0.2) is 0 Å². The molecule has 4 heteroatoms. The second-order valence-corrected chi connectivity index (χ2v) is 6.63. The Hall–Kier alpha value is -0.220. The van der Waals surface area contributed by atoms with Crippen molar-refractivity contribution in [2.45, 2.75) is 31.6 Å². The van der Waals surface area contributed by atoms with Crippen LogP contribution in [-0.4, -0.2) is 17.0 Å². The van der Waals surface area contributed by atoms with E-state index < -0.39 is 0 Å². The molecule has 16 heavy (non-hydrogen) atoms. The summed E-state index contributed by atoms with van der Waals surface area (Å²) in [7, 11) is 0. The first-order valence-corrected chi connectivity index (χ1v) is 7.24. The molecule has 2 unspecified atom stereocenters. The lowest BCUT2D eigenvalue weighted by Crippen LogP contribution is -2.19. The van der Waals surface area contributed by atoms with Crippen LogP contribution in [0.1, 0.15) is 18.9 Å². The fourth-order valence-corrected chi connectivity index (χ4v) is 3.43. The second kappa shape index (κ2) is 4.96. The summed E-state index contributed by atoms with van der Waals surface area (Å²) < 4.78 is 13.8. The van der Waals surface area contributed by atoms with Gasteiger partial charge in [-0.05, 0) is 47.0 Å². The van der Waals surface area contributed by atoms with E-state index in [2.05, 4.69) is 28.2 Å². The molecule has 0 radical (unpaired) electrons. The smallest absolute Gasteiger partial charge is 0.137 e. The molecule has 88 valence electrons. The molecule has 2 rings (SSSR count). The molecule has 1 aromatic rings. The van der Waals surface area contributed by atoms with Gasteiger partial charge < -0.3 is 5.32 Å². The zero-order valence-corrected chi connectivity index (χ0v) is 11.8. The first-order valence-electron chi connectivity index (χ1n) is 5.40. The molecule has 0 spiro atoms. The SMILES string of the molecule is Cc1cc(F)c(Br)cc1NC1CSC(C)C1. The van der Waals surface area contributed by atoms with Crippen molar-refractivity contribution in [1.82, 2.24) is 0 Å². The van der Waals surface area contributed by atoms with Crippen LogP contribution in [-0.2, 0) is 0 Å². The minimum Gasteiger partial charge on any atom is -0.381 e. The summed E-state index contributed by atoms with van der Waals surface area (Å²) in [6, 6.07) is 3.91. The Kier molecular flexibility index (Phi) is 3.80. The number of halogens is 2. The maximum Gasteiger partial charge on any atom is 0.137 e. The molecule has 0 bridgehead atoms. The first kappa shape index (κ1) is 12.2. The number of nitrogens with one attached hydrogen (secondary N) is 1. The molecule has 1 aromatic carbocycles. The van der Waals surface area contributed by atoms with Crippen LogP contribution < -0.4 is 5.32 Å². The molecular formula is C12H15BrFNS. The van der Waals surface area contributed by atoms with Crippen LogP contribution in [0.5, 0.6) is 0 Å². The van der Waals surface area contributed by atoms with E-state index in [9.17, 15) is 4.39 Å². The molecule has 1 nitrogen and oxygen atoms in total. The zero-order valence-electron chi connectivity index (χ0n) is 9.39. The number of thioether (sulfide) groups is 1. The monoisotopic (exact) mass is 303 g/mol. The van der Waals surface area contributed by atoms with Gasteiger partial charge in [-0.15, -0.1) is 0 Å². The van der Waals surface area contributed by atoms with Crippen molar-refractivity contribution in [3.63, 3.8) is 0 Å². The Balaban J connectivity index is 2.12. The Morgan fingerprint density at radius 3 is 2.88 bits per heavy atom. The molecule has 1 aliphatic heterocycles. The van der Waals surface area contributed by atoms with E-state index in [0.717, 1.165) is 22.3 Å². The molecule has 0 saturated carbocycles. The van der Waals surface area contributed by atoms with Crippen LogP contribution in [0.4, 0.5) is 10.1 Å². The number of rotatable bonds is 2. The highest BCUT2D eigenvalue weighted by atomic mass is 79.9. The third-order valence-electron chi connectivity index (χ3n) is 2.83. The van der Waals surface area contributed by atoms with Crippen molar-refractivity contribution < 1.29 is 4.39 Å². The number of hydrogen-bond acceptors (Lipinski definition) is 2. The number of benzene rings is 1. The fourth-order valence-electron chi connectivity index (χ4n) is 1.94. The Morgan fingerprint density at radius 2 is 2.25 bits per heavy atom. The van der Waals surface area contributed by atoms with E-state index >= 15 is 0 Å². The molecule has 1 heterocycles. The first-order chi connectivity index (χ1) is 7.56. The molecule has 1 aliphatic rings. The summed E-state index contributed by atoms with van der Waals surface area (Å²) in [5, 5.41) is 4.21. The standard InChI is InChI=1S/C12H15BrFNS/c1-7-3-11(14)10(13)5-12(7)15-9-4-8(2)16-6-9/h3,5,8-9,15H,4,6H2,1-2H3. The number of aryl methyl sites for hydroxylation is 1. The lowest BCUT2D eigenvalue weighted by Gasteiger charge is -2.16. The molecule has 1 fully saturated rings. The summed E-state index contributed by atoms with van der Waals surface area (Å²) in [6.07, 6.45) is 1.18. The van der Waals surface area contributed by atoms with Gasteiger partial charge in [0.2, 0.25) is 0 Å². The van der Waals surface area contributed by atoms with Crippen molar-refractivity contribution in [3.8, 4) is 0 Å². The topological polar surface area (TPSA) is 12.0 Å². The highest BCUT2D eigenvalue weighted by Gasteiger charge is 2.22. The van der Waals surface area contributed by atoms with Gasteiger partial charge in [-0.2, -0.15) is 11.8 Å². The third-order valence-corrected chi connectivity index (χ3v) is 4.79. The van der Waals surface area contributed by atoms with Gasteiger partial charge in [-0.1, -0.05) is 6.92 Å². The maximum atomic E-state index is 13.3. The summed E-state index contributed by atoms with van der Waals surface area (Å²) >= 11 is 5.21. The van der Waals surface area contributed by atoms with E-state index in [4.69, 9.17) is 0 Å². The number of anilines is 1. The summed E-state index contributed by atoms with van der Waals surface area (Å²) in [6.45, 7) is 4.18. The van der Waals surface area contributed by atoms with E-state index in [1.54, 1.807) is 6.07 Å². The van der Waals surface area contributed by atoms with Gasteiger partial charge >= 0.3 is 0 Å². The van der Waals surface area contributed by atoms with E-state index in [1.807, 2.05) is 24.8 Å². The maximum absolute atomic E-state index is 13.3. The van der Waals surface area contributed by atoms with Crippen molar-refractivity contribution >= 4 is 33.4 Å². The highest BCUT2D eigenvalue weighted by molar-refractivity contribution is 9.10. The predicted molar refractivity (Wildman–Crippen MR) is 72.8 cm³/mol. The minimum atomic E-state index is -0.197. The summed E-state index contributed by atoms with van der Waals surface area (Å²) in [4.78, 5) is 0. The van der Waals surface area contributed by atoms with Gasteiger partial charge in [0.05, 0.1) is 4.47 Å². The van der Waals surface area contributed by atoms with E-state index in [1.165, 1.54) is 6.42 Å². The average Bonchev–Trinajstić information content (AvgIpc) is 2.60. The van der Waals surface area contributed by atoms with Crippen LogP contribution in [0.3, 0.4) is 0 Å². The van der Waals surface area contributed by atoms with E-state index in [-0.39, 0.29) is 5.82 Å². The fraction of sp³-hybridized carbons (Fsp3) is 0.500. The Morgan fingerprint density at radius 1 is 1.50 bits per heavy atom. The van der Waals surface area contributed by atoms with Crippen LogP contribution >= 0.6 is 27.7 Å². The third kappa shape index (κ3) is 2.72. The van der Waals surface area contributed by atoms with Gasteiger partial charge in [-0.3, -0.25) is 0 Å². The lowest BCUT2D eigenvalue weighted by atomic mass is 10.1. The average molecular weight is 304 g/mol. The second-order valence-electron chi connectivity index (χ2n) is 4.30. The predicted octanol–water partition coefficient (Wildman–Crippen LogP) is 4.20. The van der Waals surface area contributed by atoms with Crippen LogP contribution in [0.2, 0.25) is 0 Å². The van der Waals surface area contributed by atoms with Crippen molar-refractivity contribution in [1.29, 1.82) is 0 Å². The van der Waals surface area contributed by atoms with Crippen LogP contribution in [0.25, 0.3) is 0 Å². The van der Waals surface area contributed by atoms with Gasteiger partial charge in [-0.25, -0.2) is 4.39 Å². The molecule has 1 saturated heterocycles. The van der Waals surface area contributed by atoms with E-state index in [0.29, 0.717) is 10.5 Å². The zero-order chi connectivity index (χ0) is 11.7. The van der Waals surface area contributed by atoms with Gasteiger partial charge in [0.1, 0.15) is 5.82 Å². The van der Waals surface area contributed by atoms with Crippen molar-refractivity contribution in [3.05, 3.63) is 28.0 Å².